The van der Waals surface area contributed by atoms with E-state index in [1.165, 1.54) is 20.0 Å². The monoisotopic (exact) mass is 444 g/mol. The Labute approximate surface area is 185 Å². The van der Waals surface area contributed by atoms with Crippen molar-refractivity contribution in [3.63, 3.8) is 0 Å². The Morgan fingerprint density at radius 3 is 2.59 bits per heavy atom. The second-order valence-electron chi connectivity index (χ2n) is 8.61. The summed E-state index contributed by atoms with van der Waals surface area (Å²) in [4.78, 5) is 32.1. The van der Waals surface area contributed by atoms with E-state index in [9.17, 15) is 14.3 Å². The molecule has 10 nitrogen and oxygen atoms in total. The molecule has 11 heteroatoms. The smallest absolute Gasteiger partial charge is 0.255 e. The third-order valence-corrected chi connectivity index (χ3v) is 4.71. The molecule has 3 N–H and O–H groups in total. The van der Waals surface area contributed by atoms with Crippen LogP contribution in [0.3, 0.4) is 0 Å². The molecule has 0 aliphatic heterocycles. The van der Waals surface area contributed by atoms with Crippen LogP contribution in [0.25, 0.3) is 17.0 Å². The number of aromatic nitrogens is 5. The predicted octanol–water partition coefficient (Wildman–Crippen LogP) is 1.94. The SMILES string of the molecule is CC(C)Nc1cc(-n2cnc3cnc(N(C)C)nc32)ncc1C(=O)NC[C@@H](F)C(C)(C)O. The second-order valence-corrected chi connectivity index (χ2v) is 8.61. The summed E-state index contributed by atoms with van der Waals surface area (Å²) in [5.41, 5.74) is 0.431. The van der Waals surface area contributed by atoms with Crippen molar-refractivity contribution in [3.05, 3.63) is 30.4 Å². The summed E-state index contributed by atoms with van der Waals surface area (Å²) in [5.74, 6) is 0.547. The number of hydrogen-bond donors (Lipinski definition) is 3. The Morgan fingerprint density at radius 2 is 1.97 bits per heavy atom. The van der Waals surface area contributed by atoms with Crippen LogP contribution in [0.15, 0.2) is 24.8 Å². The number of alkyl halides is 1. The summed E-state index contributed by atoms with van der Waals surface area (Å²) in [7, 11) is 3.69. The lowest BCUT2D eigenvalue weighted by Gasteiger charge is -2.23. The normalized spacial score (nSPS) is 12.8. The first-order valence-corrected chi connectivity index (χ1v) is 10.3. The van der Waals surface area contributed by atoms with Crippen molar-refractivity contribution >= 4 is 28.7 Å². The Balaban J connectivity index is 1.96. The zero-order valence-corrected chi connectivity index (χ0v) is 19.1. The van der Waals surface area contributed by atoms with Crippen molar-refractivity contribution < 1.29 is 14.3 Å². The molecule has 0 saturated heterocycles. The second kappa shape index (κ2) is 9.03. The van der Waals surface area contributed by atoms with E-state index in [4.69, 9.17) is 0 Å². The van der Waals surface area contributed by atoms with E-state index in [1.54, 1.807) is 28.1 Å². The van der Waals surface area contributed by atoms with E-state index < -0.39 is 17.7 Å². The van der Waals surface area contributed by atoms with Gasteiger partial charge >= 0.3 is 0 Å². The molecule has 1 amide bonds. The molecule has 172 valence electrons. The average molecular weight is 445 g/mol. The summed E-state index contributed by atoms with van der Waals surface area (Å²) in [6.45, 7) is 6.27. The van der Waals surface area contributed by atoms with Gasteiger partial charge in [0.25, 0.3) is 5.91 Å². The first-order chi connectivity index (χ1) is 15.0. The van der Waals surface area contributed by atoms with E-state index in [0.717, 1.165) is 0 Å². The molecular weight excluding hydrogens is 415 g/mol. The maximum absolute atomic E-state index is 14.1. The van der Waals surface area contributed by atoms with E-state index in [2.05, 4.69) is 30.6 Å². The van der Waals surface area contributed by atoms with E-state index in [0.29, 0.717) is 28.6 Å². The number of pyridine rings is 1. The zero-order chi connectivity index (χ0) is 23.6. The molecule has 0 bridgehead atoms. The number of nitrogens with zero attached hydrogens (tertiary/aromatic N) is 6. The van der Waals surface area contributed by atoms with Gasteiger partial charge in [0.1, 0.15) is 23.8 Å². The third-order valence-electron chi connectivity index (χ3n) is 4.71. The van der Waals surface area contributed by atoms with Gasteiger partial charge in [-0.1, -0.05) is 0 Å². The molecule has 3 rings (SSSR count). The van der Waals surface area contributed by atoms with E-state index in [1.807, 2.05) is 27.9 Å². The van der Waals surface area contributed by atoms with E-state index >= 15 is 0 Å². The minimum atomic E-state index is -1.61. The number of halogens is 1. The topological polar surface area (TPSA) is 121 Å². The van der Waals surface area contributed by atoms with Crippen LogP contribution in [-0.4, -0.2) is 74.0 Å². The lowest BCUT2D eigenvalue weighted by molar-refractivity contribution is -0.00177. The van der Waals surface area contributed by atoms with Gasteiger partial charge in [0, 0.05) is 32.4 Å². The number of carbonyl (C=O) groups excluding carboxylic acids is 1. The highest BCUT2D eigenvalue weighted by Crippen LogP contribution is 2.23. The number of amides is 1. The molecule has 0 radical (unpaired) electrons. The fraction of sp³-hybridized carbons (Fsp3) is 0.476. The van der Waals surface area contributed by atoms with Crippen molar-refractivity contribution in [2.45, 2.75) is 45.5 Å². The Kier molecular flexibility index (Phi) is 6.58. The maximum atomic E-state index is 14.1. The summed E-state index contributed by atoms with van der Waals surface area (Å²) < 4.78 is 15.8. The Hall–Kier alpha value is -3.34. The summed E-state index contributed by atoms with van der Waals surface area (Å²) in [6.07, 6.45) is 3.05. The van der Waals surface area contributed by atoms with Gasteiger partial charge in [0.15, 0.2) is 5.65 Å². The van der Waals surface area contributed by atoms with Gasteiger partial charge in [0.2, 0.25) is 5.95 Å². The molecule has 1 atom stereocenters. The van der Waals surface area contributed by atoms with Crippen LogP contribution in [-0.2, 0) is 0 Å². The third kappa shape index (κ3) is 5.10. The lowest BCUT2D eigenvalue weighted by Crippen LogP contribution is -2.42. The van der Waals surface area contributed by atoms with Crippen molar-refractivity contribution in [3.8, 4) is 5.82 Å². The minimum absolute atomic E-state index is 0.0318. The molecule has 3 aromatic heterocycles. The average Bonchev–Trinajstić information content (AvgIpc) is 3.13. The highest BCUT2D eigenvalue weighted by atomic mass is 19.1. The van der Waals surface area contributed by atoms with Crippen LogP contribution < -0.4 is 15.5 Å². The molecule has 0 aliphatic rings. The molecule has 0 saturated carbocycles. The molecule has 0 fully saturated rings. The number of anilines is 2. The summed E-state index contributed by atoms with van der Waals surface area (Å²) >= 11 is 0. The number of rotatable bonds is 8. The van der Waals surface area contributed by atoms with Crippen molar-refractivity contribution in [2.75, 3.05) is 30.9 Å². The quantitative estimate of drug-likeness (QED) is 0.482. The molecular formula is C21H29FN8O2. The van der Waals surface area contributed by atoms with Crippen LogP contribution >= 0.6 is 0 Å². The molecule has 0 spiro atoms. The highest BCUT2D eigenvalue weighted by Gasteiger charge is 2.27. The largest absolute Gasteiger partial charge is 0.387 e. The van der Waals surface area contributed by atoms with Gasteiger partial charge in [-0.3, -0.25) is 9.36 Å². The number of aliphatic hydroxyl groups is 1. The predicted molar refractivity (Wildman–Crippen MR) is 121 cm³/mol. The number of hydrogen-bond acceptors (Lipinski definition) is 8. The van der Waals surface area contributed by atoms with Crippen LogP contribution in [0.1, 0.15) is 38.1 Å². The van der Waals surface area contributed by atoms with Crippen LogP contribution in [0.2, 0.25) is 0 Å². The van der Waals surface area contributed by atoms with Crippen LogP contribution in [0, 0.1) is 0 Å². The van der Waals surface area contributed by atoms with Gasteiger partial charge in [-0.25, -0.2) is 19.3 Å². The molecule has 0 aliphatic carbocycles. The summed E-state index contributed by atoms with van der Waals surface area (Å²) in [6, 6.07) is 1.75. The Bertz CT molecular complexity index is 1110. The number of carbonyl (C=O) groups is 1. The zero-order valence-electron chi connectivity index (χ0n) is 19.1. The van der Waals surface area contributed by atoms with Crippen LogP contribution in [0.5, 0.6) is 0 Å². The number of nitrogens with one attached hydrogen (secondary N) is 2. The Morgan fingerprint density at radius 1 is 1.25 bits per heavy atom. The fourth-order valence-corrected chi connectivity index (χ4v) is 2.90. The molecule has 3 aromatic rings. The minimum Gasteiger partial charge on any atom is -0.387 e. The molecule has 32 heavy (non-hydrogen) atoms. The molecule has 0 unspecified atom stereocenters. The van der Waals surface area contributed by atoms with Crippen molar-refractivity contribution in [1.82, 2.24) is 29.8 Å². The van der Waals surface area contributed by atoms with Crippen molar-refractivity contribution in [1.29, 1.82) is 0 Å². The standard InChI is InChI=1S/C21H29FN8O2/c1-12(2)27-14-7-17(23-8-13(14)19(31)24-10-16(22)21(3,4)32)30-11-26-15-9-25-20(29(5)6)28-18(15)30/h7-9,11-12,16,32H,10H2,1-6H3,(H,23,27)(H,24,31)/t16-/m1/s1. The molecule has 3 heterocycles. The first kappa shape index (κ1) is 23.3. The van der Waals surface area contributed by atoms with Gasteiger partial charge in [0.05, 0.1) is 29.6 Å². The van der Waals surface area contributed by atoms with Gasteiger partial charge < -0.3 is 20.6 Å². The number of imidazole rings is 1. The van der Waals surface area contributed by atoms with Gasteiger partial charge in [-0.05, 0) is 27.7 Å². The maximum Gasteiger partial charge on any atom is 0.255 e. The van der Waals surface area contributed by atoms with Crippen LogP contribution in [0.4, 0.5) is 16.0 Å². The highest BCUT2D eigenvalue weighted by molar-refractivity contribution is 5.99. The number of fused-ring (bicyclic) bond motifs is 1. The fourth-order valence-electron chi connectivity index (χ4n) is 2.90. The molecule has 0 aromatic carbocycles. The first-order valence-electron chi connectivity index (χ1n) is 10.3. The van der Waals surface area contributed by atoms with Crippen molar-refractivity contribution in [2.24, 2.45) is 0 Å². The summed E-state index contributed by atoms with van der Waals surface area (Å²) in [5, 5.41) is 15.5. The van der Waals surface area contributed by atoms with Gasteiger partial charge in [-0.15, -0.1) is 0 Å². The van der Waals surface area contributed by atoms with E-state index in [-0.39, 0.29) is 18.2 Å². The lowest BCUT2D eigenvalue weighted by atomic mass is 10.0. The van der Waals surface area contributed by atoms with Gasteiger partial charge in [-0.2, -0.15) is 4.98 Å².